The lowest BCUT2D eigenvalue weighted by Crippen LogP contribution is -2.46. The van der Waals surface area contributed by atoms with E-state index in [9.17, 15) is 10.1 Å². The van der Waals surface area contributed by atoms with Crippen molar-refractivity contribution < 1.29 is 4.79 Å². The summed E-state index contributed by atoms with van der Waals surface area (Å²) >= 11 is 1.52. The van der Waals surface area contributed by atoms with E-state index in [1.54, 1.807) is 0 Å². The molecular formula is C26H30N2OS. The number of fused-ring (bicyclic) bond motifs is 2. The third-order valence-corrected chi connectivity index (χ3v) is 7.57. The average molecular weight is 419 g/mol. The van der Waals surface area contributed by atoms with Gasteiger partial charge in [0.1, 0.15) is 0 Å². The van der Waals surface area contributed by atoms with Crippen LogP contribution in [0.15, 0.2) is 53.1 Å². The average Bonchev–Trinajstić information content (AvgIpc) is 2.76. The Hall–Kier alpha value is -2.25. The molecule has 4 rings (SSSR count). The number of ketones is 1. The molecule has 1 heterocycles. The Morgan fingerprint density at radius 2 is 1.93 bits per heavy atom. The normalized spacial score (nSPS) is 23.7. The predicted molar refractivity (Wildman–Crippen MR) is 125 cm³/mol. The molecule has 1 N–H and O–H groups in total. The zero-order chi connectivity index (χ0) is 21.1. The van der Waals surface area contributed by atoms with Gasteiger partial charge in [-0.3, -0.25) is 4.79 Å². The third kappa shape index (κ3) is 4.42. The Bertz CT molecular complexity index is 1000. The Morgan fingerprint density at radius 1 is 1.17 bits per heavy atom. The minimum absolute atomic E-state index is 0.114. The fourth-order valence-electron chi connectivity index (χ4n) is 5.09. The largest absolute Gasteiger partial charge is 0.376 e. The molecule has 3 atom stereocenters. The van der Waals surface area contributed by atoms with Crippen molar-refractivity contribution in [3.63, 3.8) is 0 Å². The summed E-state index contributed by atoms with van der Waals surface area (Å²) in [5.41, 5.74) is 1.62. The van der Waals surface area contributed by atoms with Gasteiger partial charge in [0.15, 0.2) is 5.78 Å². The van der Waals surface area contributed by atoms with E-state index < -0.39 is 0 Å². The quantitative estimate of drug-likeness (QED) is 0.558. The van der Waals surface area contributed by atoms with E-state index in [2.05, 4.69) is 31.3 Å². The first kappa shape index (κ1) is 21.0. The Morgan fingerprint density at radius 3 is 2.70 bits per heavy atom. The van der Waals surface area contributed by atoms with E-state index in [-0.39, 0.29) is 5.78 Å². The summed E-state index contributed by atoms with van der Waals surface area (Å²) in [6.07, 6.45) is 5.93. The molecule has 4 heteroatoms. The van der Waals surface area contributed by atoms with Crippen molar-refractivity contribution in [1.82, 2.24) is 5.32 Å². The fraction of sp³-hybridized carbons (Fsp3) is 0.462. The van der Waals surface area contributed by atoms with Gasteiger partial charge in [0.25, 0.3) is 0 Å². The van der Waals surface area contributed by atoms with Crippen LogP contribution in [0.4, 0.5) is 0 Å². The summed E-state index contributed by atoms with van der Waals surface area (Å²) in [6, 6.07) is 17.0. The molecule has 0 aromatic heterocycles. The van der Waals surface area contributed by atoms with Crippen LogP contribution in [0.5, 0.6) is 0 Å². The van der Waals surface area contributed by atoms with Crippen LogP contribution in [0.1, 0.15) is 56.3 Å². The van der Waals surface area contributed by atoms with Crippen LogP contribution < -0.4 is 5.32 Å². The van der Waals surface area contributed by atoms with Crippen molar-refractivity contribution in [3.05, 3.63) is 58.6 Å². The molecule has 1 fully saturated rings. The van der Waals surface area contributed by atoms with Crippen molar-refractivity contribution >= 4 is 28.3 Å². The van der Waals surface area contributed by atoms with E-state index in [1.807, 2.05) is 36.4 Å². The lowest BCUT2D eigenvalue weighted by Gasteiger charge is -2.43. The first-order valence-electron chi connectivity index (χ1n) is 11.1. The number of nitrogens with one attached hydrogen (secondary N) is 1. The highest BCUT2D eigenvalue weighted by molar-refractivity contribution is 8.03. The molecule has 1 aliphatic heterocycles. The zero-order valence-corrected chi connectivity index (χ0v) is 18.7. The lowest BCUT2D eigenvalue weighted by atomic mass is 9.69. The van der Waals surface area contributed by atoms with E-state index in [0.29, 0.717) is 29.5 Å². The number of hydrogen-bond acceptors (Lipinski definition) is 4. The van der Waals surface area contributed by atoms with E-state index in [4.69, 9.17) is 0 Å². The van der Waals surface area contributed by atoms with Gasteiger partial charge in [-0.25, -0.2) is 0 Å². The molecule has 2 aromatic carbocycles. The number of Topliss-reactive ketones (excluding diaryl/α,β-unsaturated/α-hetero) is 1. The fourth-order valence-corrected chi connectivity index (χ4v) is 6.12. The number of carbonyl (C=O) groups is 1. The van der Waals surface area contributed by atoms with Crippen LogP contribution in [0.25, 0.3) is 10.8 Å². The topological polar surface area (TPSA) is 52.9 Å². The van der Waals surface area contributed by atoms with Gasteiger partial charge in [-0.1, -0.05) is 74.8 Å². The van der Waals surface area contributed by atoms with Crippen LogP contribution in [-0.4, -0.2) is 17.6 Å². The maximum absolute atomic E-state index is 12.9. The lowest BCUT2D eigenvalue weighted by molar-refractivity contribution is 0.102. The van der Waals surface area contributed by atoms with Gasteiger partial charge < -0.3 is 5.32 Å². The SMILES string of the molecule is CC(C)C[C@@H]1C(C#N)=C(SCC(=O)c2ccc3ccccc3c2)N[C@@H]2CCCC[C@@H]12. The Balaban J connectivity index is 1.54. The molecule has 3 nitrogen and oxygen atoms in total. The second kappa shape index (κ2) is 9.27. The molecule has 2 aromatic rings. The number of benzene rings is 2. The van der Waals surface area contributed by atoms with Gasteiger partial charge in [0.05, 0.1) is 22.4 Å². The summed E-state index contributed by atoms with van der Waals surface area (Å²) < 4.78 is 0. The van der Waals surface area contributed by atoms with Crippen molar-refractivity contribution in [3.8, 4) is 6.07 Å². The van der Waals surface area contributed by atoms with Crippen LogP contribution in [0.3, 0.4) is 0 Å². The number of rotatable bonds is 6. The molecule has 0 unspecified atom stereocenters. The summed E-state index contributed by atoms with van der Waals surface area (Å²) in [5.74, 6) is 1.90. The molecule has 0 spiro atoms. The van der Waals surface area contributed by atoms with E-state index in [1.165, 1.54) is 37.4 Å². The van der Waals surface area contributed by atoms with Crippen molar-refractivity contribution in [2.24, 2.45) is 17.8 Å². The molecule has 0 radical (unpaired) electrons. The van der Waals surface area contributed by atoms with Gasteiger partial charge in [-0.15, -0.1) is 0 Å². The summed E-state index contributed by atoms with van der Waals surface area (Å²) in [4.78, 5) is 12.9. The Labute approximate surface area is 183 Å². The summed E-state index contributed by atoms with van der Waals surface area (Å²) in [6.45, 7) is 4.48. The molecule has 30 heavy (non-hydrogen) atoms. The minimum atomic E-state index is 0.114. The highest BCUT2D eigenvalue weighted by Crippen LogP contribution is 2.43. The van der Waals surface area contributed by atoms with Gasteiger partial charge in [0, 0.05) is 17.5 Å². The van der Waals surface area contributed by atoms with Crippen LogP contribution in [0, 0.1) is 29.1 Å². The second-order valence-electron chi connectivity index (χ2n) is 9.06. The number of carbonyl (C=O) groups excluding carboxylic acids is 1. The molecule has 0 saturated heterocycles. The number of nitrogens with zero attached hydrogens (tertiary/aromatic N) is 1. The van der Waals surface area contributed by atoms with Gasteiger partial charge in [-0.2, -0.15) is 5.26 Å². The molecule has 1 aliphatic carbocycles. The first-order valence-corrected chi connectivity index (χ1v) is 12.1. The maximum Gasteiger partial charge on any atom is 0.173 e. The van der Waals surface area contributed by atoms with Crippen molar-refractivity contribution in [2.45, 2.75) is 52.0 Å². The third-order valence-electron chi connectivity index (χ3n) is 6.53. The number of nitriles is 1. The van der Waals surface area contributed by atoms with Crippen LogP contribution >= 0.6 is 11.8 Å². The van der Waals surface area contributed by atoms with Crippen LogP contribution in [-0.2, 0) is 0 Å². The molecule has 2 aliphatic rings. The number of hydrogen-bond donors (Lipinski definition) is 1. The smallest absolute Gasteiger partial charge is 0.173 e. The van der Waals surface area contributed by atoms with Crippen molar-refractivity contribution in [2.75, 3.05) is 5.75 Å². The predicted octanol–water partition coefficient (Wildman–Crippen LogP) is 6.32. The molecular weight excluding hydrogens is 388 g/mol. The molecule has 1 saturated carbocycles. The van der Waals surface area contributed by atoms with E-state index >= 15 is 0 Å². The summed E-state index contributed by atoms with van der Waals surface area (Å²) in [5, 5.41) is 16.8. The Kier molecular flexibility index (Phi) is 6.49. The first-order chi connectivity index (χ1) is 14.6. The number of thioether (sulfide) groups is 1. The zero-order valence-electron chi connectivity index (χ0n) is 17.9. The van der Waals surface area contributed by atoms with Gasteiger partial charge >= 0.3 is 0 Å². The molecule has 0 bridgehead atoms. The van der Waals surface area contributed by atoms with Gasteiger partial charge in [-0.05, 0) is 47.9 Å². The highest BCUT2D eigenvalue weighted by Gasteiger charge is 2.39. The maximum atomic E-state index is 12.9. The minimum Gasteiger partial charge on any atom is -0.376 e. The standard InChI is InChI=1S/C26H30N2OS/c1-17(2)13-22-21-9-5-6-10-24(21)28-26(23(22)15-27)30-16-25(29)20-12-11-18-7-3-4-8-19(18)14-20/h3-4,7-8,11-12,14,17,21-22,24,28H,5-6,9-10,13,16H2,1-2H3/t21-,22-,24+/m0/s1. The highest BCUT2D eigenvalue weighted by atomic mass is 32.2. The van der Waals surface area contributed by atoms with Crippen molar-refractivity contribution in [1.29, 1.82) is 5.26 Å². The van der Waals surface area contributed by atoms with E-state index in [0.717, 1.165) is 33.4 Å². The van der Waals surface area contributed by atoms with Gasteiger partial charge in [0.2, 0.25) is 0 Å². The summed E-state index contributed by atoms with van der Waals surface area (Å²) in [7, 11) is 0. The van der Waals surface area contributed by atoms with Crippen LogP contribution in [0.2, 0.25) is 0 Å². The molecule has 0 amide bonds. The molecule has 156 valence electrons. The second-order valence-corrected chi connectivity index (χ2v) is 10.0. The number of allylic oxidation sites excluding steroid dienone is 1. The monoisotopic (exact) mass is 418 g/mol.